The Kier molecular flexibility index (Phi) is 4.81. The minimum absolute atomic E-state index is 0.202. The van der Waals surface area contributed by atoms with Gasteiger partial charge in [0.05, 0.1) is 6.20 Å². The predicted molar refractivity (Wildman–Crippen MR) is 86.7 cm³/mol. The summed E-state index contributed by atoms with van der Waals surface area (Å²) in [6, 6.07) is 0.563. The average molecular weight is 304 g/mol. The molecule has 2 fully saturated rings. The molecular weight excluding hydrogens is 276 g/mol. The molecule has 1 aromatic heterocycles. The third kappa shape index (κ3) is 3.35. The van der Waals surface area contributed by atoms with Gasteiger partial charge in [0, 0.05) is 38.4 Å². The van der Waals surface area contributed by atoms with Crippen molar-refractivity contribution in [2.45, 2.75) is 58.0 Å². The predicted octanol–water partition coefficient (Wildman–Crippen LogP) is 2.23. The highest BCUT2D eigenvalue weighted by atomic mass is 16.2. The van der Waals surface area contributed by atoms with Gasteiger partial charge in [-0.3, -0.25) is 14.4 Å². The van der Waals surface area contributed by atoms with E-state index < -0.39 is 0 Å². The fourth-order valence-electron chi connectivity index (χ4n) is 3.81. The lowest BCUT2D eigenvalue weighted by atomic mass is 10.2. The summed E-state index contributed by atoms with van der Waals surface area (Å²) in [5.74, 6) is 0.205. The first-order valence-corrected chi connectivity index (χ1v) is 8.69. The van der Waals surface area contributed by atoms with E-state index in [-0.39, 0.29) is 11.9 Å². The monoisotopic (exact) mass is 304 g/mol. The lowest BCUT2D eigenvalue weighted by Gasteiger charge is -2.28. The number of aromatic nitrogens is 2. The molecule has 1 saturated carbocycles. The van der Waals surface area contributed by atoms with Crippen molar-refractivity contribution in [2.75, 3.05) is 26.2 Å². The zero-order valence-electron chi connectivity index (χ0n) is 13.9. The lowest BCUT2D eigenvalue weighted by Crippen LogP contribution is -2.40. The van der Waals surface area contributed by atoms with E-state index in [1.54, 1.807) is 4.68 Å². The summed E-state index contributed by atoms with van der Waals surface area (Å²) < 4.78 is 1.79. The molecule has 122 valence electrons. The van der Waals surface area contributed by atoms with E-state index >= 15 is 0 Å². The molecule has 22 heavy (non-hydrogen) atoms. The quantitative estimate of drug-likeness (QED) is 0.860. The molecule has 5 heteroatoms. The molecule has 0 spiro atoms. The van der Waals surface area contributed by atoms with Gasteiger partial charge >= 0.3 is 0 Å². The van der Waals surface area contributed by atoms with Crippen molar-refractivity contribution in [3.8, 4) is 0 Å². The van der Waals surface area contributed by atoms with Crippen LogP contribution in [0.5, 0.6) is 0 Å². The van der Waals surface area contributed by atoms with Gasteiger partial charge in [0.15, 0.2) is 0 Å². The molecule has 2 aliphatic rings. The van der Waals surface area contributed by atoms with E-state index in [4.69, 9.17) is 0 Å². The van der Waals surface area contributed by atoms with E-state index in [2.05, 4.69) is 10.00 Å². The molecule has 1 aromatic rings. The fraction of sp³-hybridized carbons (Fsp3) is 0.765. The average Bonchev–Trinajstić information content (AvgIpc) is 3.13. The Hall–Kier alpha value is -1.36. The van der Waals surface area contributed by atoms with Gasteiger partial charge in [-0.25, -0.2) is 0 Å². The Morgan fingerprint density at radius 3 is 2.64 bits per heavy atom. The molecule has 0 N–H and O–H groups in total. The van der Waals surface area contributed by atoms with Crippen LogP contribution in [0.25, 0.3) is 0 Å². The van der Waals surface area contributed by atoms with Crippen LogP contribution >= 0.6 is 0 Å². The molecule has 0 aromatic carbocycles. The van der Waals surface area contributed by atoms with Crippen molar-refractivity contribution in [2.24, 2.45) is 0 Å². The molecule has 3 rings (SSSR count). The van der Waals surface area contributed by atoms with Gasteiger partial charge in [-0.1, -0.05) is 12.8 Å². The van der Waals surface area contributed by atoms with E-state index in [9.17, 15) is 4.79 Å². The summed E-state index contributed by atoms with van der Waals surface area (Å²) >= 11 is 0. The second kappa shape index (κ2) is 6.82. The van der Waals surface area contributed by atoms with Crippen LogP contribution < -0.4 is 0 Å². The first kappa shape index (κ1) is 15.5. The molecule has 0 unspecified atom stereocenters. The molecule has 0 radical (unpaired) electrons. The first-order valence-electron chi connectivity index (χ1n) is 8.69. The Labute approximate surface area is 133 Å². The molecule has 1 aliphatic heterocycles. The summed E-state index contributed by atoms with van der Waals surface area (Å²) in [4.78, 5) is 17.4. The molecular formula is C17H28N4O. The fourth-order valence-corrected chi connectivity index (χ4v) is 3.81. The molecule has 5 nitrogen and oxygen atoms in total. The Morgan fingerprint density at radius 1 is 1.18 bits per heavy atom. The van der Waals surface area contributed by atoms with Crippen molar-refractivity contribution >= 4 is 5.91 Å². The zero-order valence-corrected chi connectivity index (χ0v) is 13.9. The summed E-state index contributed by atoms with van der Waals surface area (Å²) in [5.41, 5.74) is 1.10. The maximum absolute atomic E-state index is 12.7. The second-order valence-corrected chi connectivity index (χ2v) is 6.83. The van der Waals surface area contributed by atoms with Gasteiger partial charge < -0.3 is 4.90 Å². The van der Waals surface area contributed by atoms with E-state index in [0.717, 1.165) is 44.2 Å². The summed E-state index contributed by atoms with van der Waals surface area (Å²) in [6.07, 6.45) is 10.3. The number of carbonyl (C=O) groups is 1. The normalized spacial score (nSPS) is 22.7. The van der Waals surface area contributed by atoms with Gasteiger partial charge in [0.1, 0.15) is 6.04 Å². The number of nitrogens with zero attached hydrogens (tertiary/aromatic N) is 4. The smallest absolute Gasteiger partial charge is 0.247 e. The number of amides is 1. The SMILES string of the molecule is Cc1cnn([C@@H](C)C(=O)N2CCCN(C3CCCC3)CC2)c1. The van der Waals surface area contributed by atoms with Crippen molar-refractivity contribution in [1.82, 2.24) is 19.6 Å². The van der Waals surface area contributed by atoms with Crippen LogP contribution in [-0.4, -0.2) is 57.7 Å². The van der Waals surface area contributed by atoms with Crippen LogP contribution in [0.3, 0.4) is 0 Å². The minimum Gasteiger partial charge on any atom is -0.340 e. The second-order valence-electron chi connectivity index (χ2n) is 6.83. The highest BCUT2D eigenvalue weighted by Crippen LogP contribution is 2.24. The third-order valence-electron chi connectivity index (χ3n) is 5.17. The maximum atomic E-state index is 12.7. The summed E-state index contributed by atoms with van der Waals surface area (Å²) in [6.45, 7) is 7.87. The number of rotatable bonds is 3. The van der Waals surface area contributed by atoms with Gasteiger partial charge in [0.25, 0.3) is 0 Å². The van der Waals surface area contributed by atoms with Gasteiger partial charge in [-0.05, 0) is 38.7 Å². The van der Waals surface area contributed by atoms with E-state index in [1.807, 2.05) is 31.1 Å². The molecule has 1 saturated heterocycles. The summed E-state index contributed by atoms with van der Waals surface area (Å²) in [5, 5.41) is 4.29. The van der Waals surface area contributed by atoms with Crippen LogP contribution in [0.4, 0.5) is 0 Å². The minimum atomic E-state index is -0.202. The Bertz CT molecular complexity index is 507. The first-order chi connectivity index (χ1) is 10.6. The molecule has 1 amide bonds. The van der Waals surface area contributed by atoms with Gasteiger partial charge in [-0.15, -0.1) is 0 Å². The summed E-state index contributed by atoms with van der Waals surface area (Å²) in [7, 11) is 0. The molecule has 0 bridgehead atoms. The Morgan fingerprint density at radius 2 is 1.95 bits per heavy atom. The number of hydrogen-bond acceptors (Lipinski definition) is 3. The van der Waals surface area contributed by atoms with Crippen LogP contribution in [0.1, 0.15) is 50.6 Å². The van der Waals surface area contributed by atoms with Crippen LogP contribution in [0, 0.1) is 6.92 Å². The van der Waals surface area contributed by atoms with Crippen LogP contribution in [0.2, 0.25) is 0 Å². The molecule has 1 aliphatic carbocycles. The number of hydrogen-bond donors (Lipinski definition) is 0. The van der Waals surface area contributed by atoms with Crippen molar-refractivity contribution in [1.29, 1.82) is 0 Å². The van der Waals surface area contributed by atoms with Crippen LogP contribution in [0.15, 0.2) is 12.4 Å². The van der Waals surface area contributed by atoms with Gasteiger partial charge in [0.2, 0.25) is 5.91 Å². The highest BCUT2D eigenvalue weighted by molar-refractivity contribution is 5.80. The maximum Gasteiger partial charge on any atom is 0.247 e. The number of carbonyl (C=O) groups excluding carboxylic acids is 1. The molecule has 2 heterocycles. The van der Waals surface area contributed by atoms with Crippen LogP contribution in [-0.2, 0) is 4.79 Å². The Balaban J connectivity index is 1.59. The van der Waals surface area contributed by atoms with E-state index in [0.29, 0.717) is 0 Å². The number of aryl methyl sites for hydroxylation is 1. The van der Waals surface area contributed by atoms with Gasteiger partial charge in [-0.2, -0.15) is 5.10 Å². The third-order valence-corrected chi connectivity index (χ3v) is 5.17. The molecule has 1 atom stereocenters. The highest BCUT2D eigenvalue weighted by Gasteiger charge is 2.28. The lowest BCUT2D eigenvalue weighted by molar-refractivity contribution is -0.134. The largest absolute Gasteiger partial charge is 0.340 e. The zero-order chi connectivity index (χ0) is 15.5. The topological polar surface area (TPSA) is 41.4 Å². The van der Waals surface area contributed by atoms with Crippen molar-refractivity contribution in [3.05, 3.63) is 18.0 Å². The van der Waals surface area contributed by atoms with E-state index in [1.165, 1.54) is 25.7 Å². The van der Waals surface area contributed by atoms with Crippen molar-refractivity contribution < 1.29 is 4.79 Å². The van der Waals surface area contributed by atoms with Crippen molar-refractivity contribution in [3.63, 3.8) is 0 Å². The standard InChI is InChI=1S/C17H28N4O/c1-14-12-18-21(13-14)15(2)17(22)20-9-5-8-19(10-11-20)16-6-3-4-7-16/h12-13,15-16H,3-11H2,1-2H3/t15-/m0/s1.